The molecule has 1 unspecified atom stereocenters. The van der Waals surface area contributed by atoms with Gasteiger partial charge in [-0.25, -0.2) is 0 Å². The van der Waals surface area contributed by atoms with Gasteiger partial charge >= 0.3 is 0 Å². The number of benzene rings is 2. The molecule has 0 aromatic heterocycles. The second-order valence-corrected chi connectivity index (χ2v) is 5.31. The minimum Gasteiger partial charge on any atom is -0.383 e. The van der Waals surface area contributed by atoms with E-state index in [0.29, 0.717) is 10.9 Å². The first-order chi connectivity index (χ1) is 9.65. The van der Waals surface area contributed by atoms with E-state index in [9.17, 15) is 10.1 Å². The summed E-state index contributed by atoms with van der Waals surface area (Å²) in [7, 11) is 0. The van der Waals surface area contributed by atoms with Crippen molar-refractivity contribution >= 4 is 23.0 Å². The van der Waals surface area contributed by atoms with Crippen LogP contribution in [0.3, 0.4) is 0 Å². The molecule has 0 bridgehead atoms. The molecule has 1 aliphatic carbocycles. The summed E-state index contributed by atoms with van der Waals surface area (Å²) in [6.07, 6.45) is 1.06. The number of nitro groups is 1. The molecule has 0 spiro atoms. The molecule has 0 radical (unpaired) electrons. The molecule has 0 aliphatic heterocycles. The summed E-state index contributed by atoms with van der Waals surface area (Å²) in [5.41, 5.74) is 3.52. The average molecular weight is 289 g/mol. The summed E-state index contributed by atoms with van der Waals surface area (Å²) in [6, 6.07) is 12.9. The molecule has 2 aromatic rings. The zero-order valence-corrected chi connectivity index (χ0v) is 11.4. The summed E-state index contributed by atoms with van der Waals surface area (Å²) in [6.45, 7) is 0.786. The van der Waals surface area contributed by atoms with Gasteiger partial charge in [0.1, 0.15) is 0 Å². The predicted octanol–water partition coefficient (Wildman–Crippen LogP) is 4.00. The topological polar surface area (TPSA) is 55.2 Å². The van der Waals surface area contributed by atoms with E-state index in [1.165, 1.54) is 23.3 Å². The van der Waals surface area contributed by atoms with Crippen molar-refractivity contribution in [3.63, 3.8) is 0 Å². The van der Waals surface area contributed by atoms with Crippen molar-refractivity contribution in [3.05, 3.63) is 68.7 Å². The first-order valence-corrected chi connectivity index (χ1v) is 6.78. The van der Waals surface area contributed by atoms with Gasteiger partial charge in [-0.15, -0.1) is 0 Å². The lowest BCUT2D eigenvalue weighted by Gasteiger charge is -2.30. The van der Waals surface area contributed by atoms with Crippen LogP contribution in [0.15, 0.2) is 42.5 Å². The normalized spacial score (nSPS) is 16.1. The molecular weight excluding hydrogens is 276 g/mol. The lowest BCUT2D eigenvalue weighted by atomic mass is 9.77. The highest BCUT2D eigenvalue weighted by molar-refractivity contribution is 6.33. The molecule has 5 heteroatoms. The van der Waals surface area contributed by atoms with Crippen molar-refractivity contribution in [2.45, 2.75) is 12.3 Å². The van der Waals surface area contributed by atoms with Gasteiger partial charge in [-0.2, -0.15) is 0 Å². The predicted molar refractivity (Wildman–Crippen MR) is 79.5 cm³/mol. The molecule has 0 saturated carbocycles. The van der Waals surface area contributed by atoms with Crippen LogP contribution in [0.1, 0.15) is 17.0 Å². The first-order valence-electron chi connectivity index (χ1n) is 6.41. The Labute approximate surface area is 121 Å². The molecule has 1 N–H and O–H groups in total. The summed E-state index contributed by atoms with van der Waals surface area (Å²) in [5, 5.41) is 14.3. The number of hydrogen-bond donors (Lipinski definition) is 1. The Morgan fingerprint density at radius 2 is 2.10 bits per heavy atom. The van der Waals surface area contributed by atoms with Gasteiger partial charge in [-0.3, -0.25) is 10.1 Å². The third kappa shape index (κ3) is 2.34. The minimum absolute atomic E-state index is 0.00883. The van der Waals surface area contributed by atoms with Gasteiger partial charge in [0.05, 0.1) is 15.6 Å². The van der Waals surface area contributed by atoms with E-state index >= 15 is 0 Å². The Bertz CT molecular complexity index is 673. The molecule has 0 fully saturated rings. The van der Waals surface area contributed by atoms with Gasteiger partial charge < -0.3 is 5.32 Å². The van der Waals surface area contributed by atoms with E-state index in [4.69, 9.17) is 11.6 Å². The average Bonchev–Trinajstić information content (AvgIpc) is 2.41. The van der Waals surface area contributed by atoms with Crippen LogP contribution >= 0.6 is 11.6 Å². The number of fused-ring (bicyclic) bond motifs is 1. The van der Waals surface area contributed by atoms with E-state index < -0.39 is 4.92 Å². The van der Waals surface area contributed by atoms with Crippen molar-refractivity contribution in [1.29, 1.82) is 0 Å². The number of rotatable bonds is 4. The molecular formula is C15H13ClN2O2. The van der Waals surface area contributed by atoms with Gasteiger partial charge in [-0.05, 0) is 23.6 Å². The molecule has 102 valence electrons. The molecule has 0 saturated heterocycles. The fourth-order valence-electron chi connectivity index (χ4n) is 2.54. The van der Waals surface area contributed by atoms with Crippen LogP contribution in [-0.4, -0.2) is 11.5 Å². The van der Waals surface area contributed by atoms with Gasteiger partial charge in [-0.1, -0.05) is 35.9 Å². The van der Waals surface area contributed by atoms with Crippen molar-refractivity contribution in [1.82, 2.24) is 0 Å². The Morgan fingerprint density at radius 3 is 2.80 bits per heavy atom. The van der Waals surface area contributed by atoms with Gasteiger partial charge in [0.2, 0.25) is 0 Å². The van der Waals surface area contributed by atoms with Crippen LogP contribution in [0.5, 0.6) is 0 Å². The van der Waals surface area contributed by atoms with Crippen LogP contribution in [-0.2, 0) is 6.42 Å². The van der Waals surface area contributed by atoms with Crippen LogP contribution in [0.2, 0.25) is 5.02 Å². The summed E-state index contributed by atoms with van der Waals surface area (Å²) < 4.78 is 0. The molecule has 0 heterocycles. The van der Waals surface area contributed by atoms with Crippen LogP contribution in [0.4, 0.5) is 11.4 Å². The Balaban J connectivity index is 1.67. The van der Waals surface area contributed by atoms with E-state index in [2.05, 4.69) is 23.5 Å². The van der Waals surface area contributed by atoms with E-state index in [0.717, 1.165) is 18.7 Å². The monoisotopic (exact) mass is 288 g/mol. The largest absolute Gasteiger partial charge is 0.383 e. The fourth-order valence-corrected chi connectivity index (χ4v) is 2.78. The second kappa shape index (κ2) is 5.13. The first kappa shape index (κ1) is 12.9. The second-order valence-electron chi connectivity index (χ2n) is 4.90. The SMILES string of the molecule is O=[N+]([O-])c1ccc(NCC2Cc3ccccc32)c(Cl)c1. The minimum atomic E-state index is -0.447. The summed E-state index contributed by atoms with van der Waals surface area (Å²) in [4.78, 5) is 10.2. The number of nitrogens with zero attached hydrogens (tertiary/aromatic N) is 1. The quantitative estimate of drug-likeness (QED) is 0.683. The van der Waals surface area contributed by atoms with Gasteiger partial charge in [0.25, 0.3) is 5.69 Å². The molecule has 3 rings (SSSR count). The highest BCUT2D eigenvalue weighted by Gasteiger charge is 2.25. The Hall–Kier alpha value is -2.07. The zero-order chi connectivity index (χ0) is 14.1. The molecule has 1 aliphatic rings. The van der Waals surface area contributed by atoms with Crippen molar-refractivity contribution in [2.75, 3.05) is 11.9 Å². The number of nitrogens with one attached hydrogen (secondary N) is 1. The standard InChI is InChI=1S/C15H13ClN2O2/c16-14-8-12(18(19)20)5-6-15(14)17-9-11-7-10-3-1-2-4-13(10)11/h1-6,8,11,17H,7,9H2. The molecule has 2 aromatic carbocycles. The maximum Gasteiger partial charge on any atom is 0.271 e. The third-order valence-electron chi connectivity index (χ3n) is 3.66. The van der Waals surface area contributed by atoms with Crippen LogP contribution < -0.4 is 5.32 Å². The van der Waals surface area contributed by atoms with Crippen molar-refractivity contribution in [2.24, 2.45) is 0 Å². The number of halogens is 1. The summed E-state index contributed by atoms with van der Waals surface area (Å²) in [5.74, 6) is 0.484. The number of hydrogen-bond acceptors (Lipinski definition) is 3. The van der Waals surface area contributed by atoms with E-state index in [-0.39, 0.29) is 5.69 Å². The maximum atomic E-state index is 10.6. The van der Waals surface area contributed by atoms with Crippen LogP contribution in [0.25, 0.3) is 0 Å². The van der Waals surface area contributed by atoms with Gasteiger partial charge in [0.15, 0.2) is 0 Å². The van der Waals surface area contributed by atoms with Gasteiger partial charge in [0, 0.05) is 24.6 Å². The number of non-ortho nitro benzene ring substituents is 1. The number of nitro benzene ring substituents is 1. The highest BCUT2D eigenvalue weighted by Crippen LogP contribution is 2.35. The smallest absolute Gasteiger partial charge is 0.271 e. The molecule has 4 nitrogen and oxygen atoms in total. The summed E-state index contributed by atoms with van der Waals surface area (Å²) >= 11 is 6.05. The fraction of sp³-hybridized carbons (Fsp3) is 0.200. The number of anilines is 1. The highest BCUT2D eigenvalue weighted by atomic mass is 35.5. The third-order valence-corrected chi connectivity index (χ3v) is 3.98. The molecule has 1 atom stereocenters. The van der Waals surface area contributed by atoms with E-state index in [1.807, 2.05) is 6.07 Å². The Kier molecular flexibility index (Phi) is 3.32. The lowest BCUT2D eigenvalue weighted by Crippen LogP contribution is -2.24. The molecule has 20 heavy (non-hydrogen) atoms. The van der Waals surface area contributed by atoms with Crippen molar-refractivity contribution in [3.8, 4) is 0 Å². The lowest BCUT2D eigenvalue weighted by molar-refractivity contribution is -0.384. The Morgan fingerprint density at radius 1 is 1.30 bits per heavy atom. The molecule has 0 amide bonds. The van der Waals surface area contributed by atoms with E-state index in [1.54, 1.807) is 6.07 Å². The maximum absolute atomic E-state index is 10.6. The zero-order valence-electron chi connectivity index (χ0n) is 10.7. The van der Waals surface area contributed by atoms with Crippen LogP contribution in [0, 0.1) is 10.1 Å². The van der Waals surface area contributed by atoms with Crippen molar-refractivity contribution < 1.29 is 4.92 Å².